The Bertz CT molecular complexity index is 262. The Morgan fingerprint density at radius 3 is 1.47 bits per heavy atom. The first-order valence-corrected chi connectivity index (χ1v) is 4.57. The van der Waals surface area contributed by atoms with Gasteiger partial charge in [-0.3, -0.25) is 9.59 Å². The molecule has 15 heavy (non-hydrogen) atoms. The fraction of sp³-hybridized carbons (Fsp3) is 0.455. The maximum absolute atomic E-state index is 11.0. The quantitative estimate of drug-likeness (QED) is 0.407. The summed E-state index contributed by atoms with van der Waals surface area (Å²) in [6, 6.07) is 0. The monoisotopic (exact) mass is 212 g/mol. The highest BCUT2D eigenvalue weighted by atomic mass is 16.5. The van der Waals surface area contributed by atoms with Gasteiger partial charge in [0.25, 0.3) is 0 Å². The minimum Gasteiger partial charge on any atom is -0.434 e. The van der Waals surface area contributed by atoms with E-state index >= 15 is 0 Å². The number of rotatable bonds is 4. The molecule has 0 amide bonds. The molecular formula is C11H16O4. The third-order valence-electron chi connectivity index (χ3n) is 1.14. The van der Waals surface area contributed by atoms with Crippen LogP contribution in [0.3, 0.4) is 0 Å². The van der Waals surface area contributed by atoms with Crippen molar-refractivity contribution in [2.45, 2.75) is 34.1 Å². The van der Waals surface area contributed by atoms with E-state index in [4.69, 9.17) is 0 Å². The van der Waals surface area contributed by atoms with Gasteiger partial charge in [0.1, 0.15) is 6.42 Å². The summed E-state index contributed by atoms with van der Waals surface area (Å²) in [7, 11) is 0. The molecule has 0 bridgehead atoms. The molecule has 0 radical (unpaired) electrons. The zero-order chi connectivity index (χ0) is 11.8. The summed E-state index contributed by atoms with van der Waals surface area (Å²) >= 11 is 0. The predicted molar refractivity (Wildman–Crippen MR) is 55.7 cm³/mol. The van der Waals surface area contributed by atoms with Crippen molar-refractivity contribution in [1.82, 2.24) is 0 Å². The third-order valence-corrected chi connectivity index (χ3v) is 1.14. The van der Waals surface area contributed by atoms with E-state index in [1.54, 1.807) is 27.7 Å². The Balaban J connectivity index is 3.92. The van der Waals surface area contributed by atoms with Crippen LogP contribution >= 0.6 is 0 Å². The highest BCUT2D eigenvalue weighted by Gasteiger charge is 2.10. The summed E-state index contributed by atoms with van der Waals surface area (Å²) in [6.45, 7) is 7.15. The van der Waals surface area contributed by atoms with E-state index in [0.29, 0.717) is 0 Å². The highest BCUT2D eigenvalue weighted by molar-refractivity contribution is 5.91. The van der Waals surface area contributed by atoms with Crippen molar-refractivity contribution in [3.8, 4) is 0 Å². The number of allylic oxidation sites excluding steroid dienone is 2. The molecule has 0 aliphatic carbocycles. The third kappa shape index (κ3) is 8.74. The molecule has 84 valence electrons. The summed E-state index contributed by atoms with van der Waals surface area (Å²) in [5.74, 6) is -1.24. The van der Waals surface area contributed by atoms with Crippen LogP contribution in [0.2, 0.25) is 0 Å². The molecule has 0 aromatic carbocycles. The first-order chi connectivity index (χ1) is 6.91. The van der Waals surface area contributed by atoms with E-state index in [1.807, 2.05) is 0 Å². The molecule has 0 rings (SSSR count). The van der Waals surface area contributed by atoms with E-state index in [0.717, 1.165) is 11.1 Å². The van der Waals surface area contributed by atoms with E-state index in [9.17, 15) is 9.59 Å². The van der Waals surface area contributed by atoms with Crippen LogP contribution in [0, 0.1) is 0 Å². The molecule has 0 N–H and O–H groups in total. The van der Waals surface area contributed by atoms with Crippen molar-refractivity contribution < 1.29 is 19.1 Å². The van der Waals surface area contributed by atoms with Crippen LogP contribution in [0.25, 0.3) is 0 Å². The van der Waals surface area contributed by atoms with Gasteiger partial charge in [0, 0.05) is 0 Å². The fourth-order valence-corrected chi connectivity index (χ4v) is 0.568. The van der Waals surface area contributed by atoms with Gasteiger partial charge in [-0.2, -0.15) is 0 Å². The Kier molecular flexibility index (Phi) is 6.09. The first kappa shape index (κ1) is 13.4. The number of esters is 2. The molecule has 0 aromatic rings. The molecule has 0 aliphatic rings. The molecule has 0 heterocycles. The van der Waals surface area contributed by atoms with Gasteiger partial charge < -0.3 is 9.47 Å². The first-order valence-electron chi connectivity index (χ1n) is 4.57. The van der Waals surface area contributed by atoms with Gasteiger partial charge >= 0.3 is 11.9 Å². The Hall–Kier alpha value is -1.58. The summed E-state index contributed by atoms with van der Waals surface area (Å²) < 4.78 is 9.32. The Labute approximate surface area is 89.6 Å². The largest absolute Gasteiger partial charge is 0.434 e. The van der Waals surface area contributed by atoms with Gasteiger partial charge in [-0.25, -0.2) is 0 Å². The SMILES string of the molecule is CC(C)=COC(=O)CC(=O)OC=C(C)C. The zero-order valence-electron chi connectivity index (χ0n) is 9.49. The standard InChI is InChI=1S/C11H16O4/c1-8(2)6-14-10(12)5-11(13)15-7-9(3)4/h6-7H,5H2,1-4H3. The lowest BCUT2D eigenvalue weighted by Crippen LogP contribution is -2.10. The summed E-state index contributed by atoms with van der Waals surface area (Å²) in [5.41, 5.74) is 1.70. The molecule has 4 heteroatoms. The lowest BCUT2D eigenvalue weighted by molar-refractivity contribution is -0.148. The maximum atomic E-state index is 11.0. The lowest BCUT2D eigenvalue weighted by Gasteiger charge is -1.99. The number of carbonyl (C=O) groups excluding carboxylic acids is 2. The molecule has 0 atom stereocenters. The van der Waals surface area contributed by atoms with Crippen molar-refractivity contribution in [3.05, 3.63) is 23.7 Å². The van der Waals surface area contributed by atoms with Crippen LogP contribution < -0.4 is 0 Å². The molecule has 0 aliphatic heterocycles. The van der Waals surface area contributed by atoms with Crippen molar-refractivity contribution >= 4 is 11.9 Å². The highest BCUT2D eigenvalue weighted by Crippen LogP contribution is 1.97. The second-order valence-corrected chi connectivity index (χ2v) is 3.55. The lowest BCUT2D eigenvalue weighted by atomic mass is 10.4. The van der Waals surface area contributed by atoms with Gasteiger partial charge in [0.15, 0.2) is 0 Å². The van der Waals surface area contributed by atoms with Crippen LogP contribution in [-0.2, 0) is 19.1 Å². The minimum atomic E-state index is -0.622. The fourth-order valence-electron chi connectivity index (χ4n) is 0.568. The number of hydrogen-bond donors (Lipinski definition) is 0. The van der Waals surface area contributed by atoms with Gasteiger partial charge in [-0.05, 0) is 38.8 Å². The summed E-state index contributed by atoms with van der Waals surface area (Å²) in [5, 5.41) is 0. The number of ether oxygens (including phenoxy) is 2. The van der Waals surface area contributed by atoms with Crippen molar-refractivity contribution in [2.75, 3.05) is 0 Å². The number of carbonyl (C=O) groups is 2. The summed E-state index contributed by atoms with van der Waals surface area (Å²) in [6.07, 6.45) is 2.22. The molecule has 0 unspecified atom stereocenters. The van der Waals surface area contributed by atoms with Crippen molar-refractivity contribution in [3.63, 3.8) is 0 Å². The zero-order valence-corrected chi connectivity index (χ0v) is 9.49. The van der Waals surface area contributed by atoms with E-state index in [2.05, 4.69) is 9.47 Å². The second-order valence-electron chi connectivity index (χ2n) is 3.55. The average Bonchev–Trinajstić information content (AvgIpc) is 2.11. The van der Waals surface area contributed by atoms with E-state index < -0.39 is 11.9 Å². The normalized spacial score (nSPS) is 8.80. The van der Waals surface area contributed by atoms with E-state index in [-0.39, 0.29) is 6.42 Å². The second kappa shape index (κ2) is 6.81. The van der Waals surface area contributed by atoms with Crippen LogP contribution in [0.1, 0.15) is 34.1 Å². The topological polar surface area (TPSA) is 52.6 Å². The van der Waals surface area contributed by atoms with E-state index in [1.165, 1.54) is 12.5 Å². The van der Waals surface area contributed by atoms with Gasteiger partial charge in [-0.15, -0.1) is 0 Å². The van der Waals surface area contributed by atoms with Gasteiger partial charge in [0.2, 0.25) is 0 Å². The van der Waals surface area contributed by atoms with Crippen LogP contribution in [0.5, 0.6) is 0 Å². The minimum absolute atomic E-state index is 0.381. The molecule has 0 saturated carbocycles. The van der Waals surface area contributed by atoms with Crippen molar-refractivity contribution in [1.29, 1.82) is 0 Å². The van der Waals surface area contributed by atoms with Crippen molar-refractivity contribution in [2.24, 2.45) is 0 Å². The Morgan fingerprint density at radius 1 is 0.867 bits per heavy atom. The molecule has 0 fully saturated rings. The predicted octanol–water partition coefficient (Wildman–Crippen LogP) is 2.31. The van der Waals surface area contributed by atoms with Gasteiger partial charge in [0.05, 0.1) is 12.5 Å². The van der Waals surface area contributed by atoms with Crippen LogP contribution in [0.15, 0.2) is 23.7 Å². The molecular weight excluding hydrogens is 196 g/mol. The Morgan fingerprint density at radius 2 is 1.20 bits per heavy atom. The van der Waals surface area contributed by atoms with Crippen LogP contribution in [-0.4, -0.2) is 11.9 Å². The maximum Gasteiger partial charge on any atom is 0.321 e. The van der Waals surface area contributed by atoms with Crippen LogP contribution in [0.4, 0.5) is 0 Å². The van der Waals surface area contributed by atoms with Gasteiger partial charge in [-0.1, -0.05) is 0 Å². The summed E-state index contributed by atoms with van der Waals surface area (Å²) in [4.78, 5) is 22.0. The molecule has 0 saturated heterocycles. The molecule has 4 nitrogen and oxygen atoms in total. The molecule has 0 aromatic heterocycles. The molecule has 0 spiro atoms. The smallest absolute Gasteiger partial charge is 0.321 e. The number of hydrogen-bond acceptors (Lipinski definition) is 4. The average molecular weight is 212 g/mol.